The summed E-state index contributed by atoms with van der Waals surface area (Å²) < 4.78 is 1.33. The minimum atomic E-state index is 0.518. The zero-order valence-corrected chi connectivity index (χ0v) is 10.2. The number of benzene rings is 1. The van der Waals surface area contributed by atoms with Gasteiger partial charge in [-0.15, -0.1) is 11.3 Å². The van der Waals surface area contributed by atoms with Gasteiger partial charge in [0, 0.05) is 12.5 Å². The van der Waals surface area contributed by atoms with Gasteiger partial charge in [0.1, 0.15) is 0 Å². The monoisotopic (exact) mass is 220 g/mol. The third-order valence-corrected chi connectivity index (χ3v) is 3.82. The molecule has 1 N–H and O–H groups in total. The van der Waals surface area contributed by atoms with Crippen LogP contribution in [0.15, 0.2) is 18.2 Å². The third-order valence-electron chi connectivity index (χ3n) is 2.37. The van der Waals surface area contributed by atoms with Gasteiger partial charge in [0.05, 0.1) is 15.2 Å². The minimum absolute atomic E-state index is 0.518. The molecular weight excluding hydrogens is 204 g/mol. The fraction of sp³-hybridized carbons (Fsp3) is 0.417. The van der Waals surface area contributed by atoms with Gasteiger partial charge in [0.25, 0.3) is 0 Å². The molecule has 0 spiro atoms. The van der Waals surface area contributed by atoms with Crippen LogP contribution in [0.5, 0.6) is 0 Å². The van der Waals surface area contributed by atoms with Crippen molar-refractivity contribution in [3.05, 3.63) is 28.8 Å². The van der Waals surface area contributed by atoms with Crippen molar-refractivity contribution in [2.75, 3.05) is 7.05 Å². The van der Waals surface area contributed by atoms with Gasteiger partial charge in [0.2, 0.25) is 0 Å². The maximum atomic E-state index is 4.65. The lowest BCUT2D eigenvalue weighted by Crippen LogP contribution is -2.04. The van der Waals surface area contributed by atoms with Crippen molar-refractivity contribution >= 4 is 21.6 Å². The van der Waals surface area contributed by atoms with Crippen LogP contribution in [0.4, 0.5) is 0 Å². The van der Waals surface area contributed by atoms with Crippen LogP contribution >= 0.6 is 11.3 Å². The molecule has 1 aromatic carbocycles. The smallest absolute Gasteiger partial charge is 0.0964 e. The van der Waals surface area contributed by atoms with Gasteiger partial charge < -0.3 is 5.32 Å². The summed E-state index contributed by atoms with van der Waals surface area (Å²) in [6.07, 6.45) is 0. The number of hydrogen-bond donors (Lipinski definition) is 1. The highest BCUT2D eigenvalue weighted by Crippen LogP contribution is 2.29. The Morgan fingerprint density at radius 3 is 2.87 bits per heavy atom. The van der Waals surface area contributed by atoms with E-state index in [1.165, 1.54) is 15.3 Å². The summed E-state index contributed by atoms with van der Waals surface area (Å²) in [7, 11) is 1.98. The fourth-order valence-corrected chi connectivity index (χ4v) is 2.68. The lowest BCUT2D eigenvalue weighted by Gasteiger charge is -1.99. The normalized spacial score (nSPS) is 11.5. The van der Waals surface area contributed by atoms with Gasteiger partial charge in [-0.25, -0.2) is 4.98 Å². The Labute approximate surface area is 94.3 Å². The lowest BCUT2D eigenvalue weighted by molar-refractivity contribution is 0.824. The highest BCUT2D eigenvalue weighted by Gasteiger charge is 2.09. The molecule has 3 heteroatoms. The molecule has 15 heavy (non-hydrogen) atoms. The standard InChI is InChI=1S/C12H16N2S/c1-8(2)12-14-10-6-4-5-9(7-13-3)11(10)15-12/h4-6,8,13H,7H2,1-3H3. The van der Waals surface area contributed by atoms with Crippen molar-refractivity contribution in [3.63, 3.8) is 0 Å². The number of nitrogens with one attached hydrogen (secondary N) is 1. The molecule has 2 aromatic rings. The molecule has 1 heterocycles. The Kier molecular flexibility index (Phi) is 3.03. The summed E-state index contributed by atoms with van der Waals surface area (Å²) in [6.45, 7) is 5.29. The number of hydrogen-bond acceptors (Lipinski definition) is 3. The van der Waals surface area contributed by atoms with Crippen molar-refractivity contribution in [1.82, 2.24) is 10.3 Å². The Morgan fingerprint density at radius 1 is 1.40 bits per heavy atom. The van der Waals surface area contributed by atoms with Gasteiger partial charge in [0.15, 0.2) is 0 Å². The molecule has 0 fully saturated rings. The largest absolute Gasteiger partial charge is 0.316 e. The first-order valence-electron chi connectivity index (χ1n) is 5.25. The predicted octanol–water partition coefficient (Wildman–Crippen LogP) is 3.14. The highest BCUT2D eigenvalue weighted by molar-refractivity contribution is 7.18. The average Bonchev–Trinajstić information content (AvgIpc) is 2.63. The number of rotatable bonds is 3. The summed E-state index contributed by atoms with van der Waals surface area (Å²) in [5, 5.41) is 4.42. The molecule has 0 amide bonds. The number of fused-ring (bicyclic) bond motifs is 1. The van der Waals surface area contributed by atoms with Crippen LogP contribution in [0.25, 0.3) is 10.2 Å². The van der Waals surface area contributed by atoms with E-state index in [1.807, 2.05) is 18.4 Å². The number of nitrogens with zero attached hydrogens (tertiary/aromatic N) is 1. The Morgan fingerprint density at radius 2 is 2.20 bits per heavy atom. The van der Waals surface area contributed by atoms with E-state index >= 15 is 0 Å². The van der Waals surface area contributed by atoms with Crippen molar-refractivity contribution in [3.8, 4) is 0 Å². The van der Waals surface area contributed by atoms with Gasteiger partial charge >= 0.3 is 0 Å². The van der Waals surface area contributed by atoms with Crippen LogP contribution in [-0.4, -0.2) is 12.0 Å². The second-order valence-corrected chi connectivity index (χ2v) is 5.03. The maximum absolute atomic E-state index is 4.65. The molecule has 2 nitrogen and oxygen atoms in total. The van der Waals surface area contributed by atoms with E-state index in [9.17, 15) is 0 Å². The Hall–Kier alpha value is -0.930. The van der Waals surface area contributed by atoms with E-state index < -0.39 is 0 Å². The van der Waals surface area contributed by atoms with E-state index in [1.54, 1.807) is 0 Å². The van der Waals surface area contributed by atoms with Crippen LogP contribution in [0, 0.1) is 0 Å². The van der Waals surface area contributed by atoms with Gasteiger partial charge in [-0.2, -0.15) is 0 Å². The molecular formula is C12H16N2S. The van der Waals surface area contributed by atoms with E-state index in [4.69, 9.17) is 0 Å². The summed E-state index contributed by atoms with van der Waals surface area (Å²) in [5.74, 6) is 0.518. The molecule has 0 atom stereocenters. The second kappa shape index (κ2) is 4.29. The van der Waals surface area contributed by atoms with E-state index in [2.05, 4.69) is 42.3 Å². The quantitative estimate of drug-likeness (QED) is 0.859. The molecule has 0 aliphatic heterocycles. The zero-order chi connectivity index (χ0) is 10.8. The summed E-state index contributed by atoms with van der Waals surface area (Å²) in [5.41, 5.74) is 2.48. The van der Waals surface area contributed by atoms with Gasteiger partial charge in [-0.1, -0.05) is 26.0 Å². The Bertz CT molecular complexity index is 460. The van der Waals surface area contributed by atoms with Crippen LogP contribution in [-0.2, 0) is 6.54 Å². The summed E-state index contributed by atoms with van der Waals surface area (Å²) >= 11 is 1.82. The SMILES string of the molecule is CNCc1cccc2nc(C(C)C)sc12. The van der Waals surface area contributed by atoms with Gasteiger partial charge in [-0.3, -0.25) is 0 Å². The molecule has 1 aromatic heterocycles. The number of thiazole rings is 1. The van der Waals surface area contributed by atoms with Crippen molar-refractivity contribution in [1.29, 1.82) is 0 Å². The van der Waals surface area contributed by atoms with Gasteiger partial charge in [-0.05, 0) is 18.7 Å². The third kappa shape index (κ3) is 2.03. The van der Waals surface area contributed by atoms with E-state index in [0.717, 1.165) is 12.1 Å². The number of aromatic nitrogens is 1. The van der Waals surface area contributed by atoms with E-state index in [0.29, 0.717) is 5.92 Å². The first-order valence-corrected chi connectivity index (χ1v) is 6.07. The van der Waals surface area contributed by atoms with E-state index in [-0.39, 0.29) is 0 Å². The molecule has 0 saturated carbocycles. The molecule has 0 aliphatic rings. The lowest BCUT2D eigenvalue weighted by atomic mass is 10.2. The maximum Gasteiger partial charge on any atom is 0.0964 e. The zero-order valence-electron chi connectivity index (χ0n) is 9.37. The predicted molar refractivity (Wildman–Crippen MR) is 66.5 cm³/mol. The molecule has 80 valence electrons. The molecule has 0 saturated heterocycles. The summed E-state index contributed by atoms with van der Waals surface area (Å²) in [4.78, 5) is 4.65. The van der Waals surface area contributed by atoms with Crippen molar-refractivity contribution < 1.29 is 0 Å². The highest BCUT2D eigenvalue weighted by atomic mass is 32.1. The molecule has 0 aliphatic carbocycles. The fourth-order valence-electron chi connectivity index (χ4n) is 1.60. The second-order valence-electron chi connectivity index (χ2n) is 4.00. The van der Waals surface area contributed by atoms with Crippen LogP contribution in [0.1, 0.15) is 30.3 Å². The first kappa shape index (κ1) is 10.6. The first-order chi connectivity index (χ1) is 7.22. The molecule has 2 rings (SSSR count). The van der Waals surface area contributed by atoms with Crippen molar-refractivity contribution in [2.45, 2.75) is 26.3 Å². The molecule has 0 radical (unpaired) electrons. The van der Waals surface area contributed by atoms with Crippen LogP contribution < -0.4 is 5.32 Å². The van der Waals surface area contributed by atoms with Crippen LogP contribution in [0.2, 0.25) is 0 Å². The topological polar surface area (TPSA) is 24.9 Å². The van der Waals surface area contributed by atoms with Crippen LogP contribution in [0.3, 0.4) is 0 Å². The Balaban J connectivity index is 2.54. The summed E-state index contributed by atoms with van der Waals surface area (Å²) in [6, 6.07) is 6.34. The van der Waals surface area contributed by atoms with Crippen molar-refractivity contribution in [2.24, 2.45) is 0 Å². The molecule has 0 unspecified atom stereocenters. The molecule has 0 bridgehead atoms. The average molecular weight is 220 g/mol. The minimum Gasteiger partial charge on any atom is -0.316 e.